The number of furan rings is 1. The van der Waals surface area contributed by atoms with Gasteiger partial charge >= 0.3 is 0 Å². The highest BCUT2D eigenvalue weighted by Gasteiger charge is 2.11. The number of rotatable bonds is 2. The number of nitrogens with zero attached hydrogens (tertiary/aromatic N) is 1. The van der Waals surface area contributed by atoms with Crippen LogP contribution in [0.3, 0.4) is 0 Å². The third-order valence-corrected chi connectivity index (χ3v) is 1.81. The predicted molar refractivity (Wildman–Crippen MR) is 46.8 cm³/mol. The maximum absolute atomic E-state index is 5.45. The maximum atomic E-state index is 5.45. The summed E-state index contributed by atoms with van der Waals surface area (Å²) in [4.78, 5) is 4.18. The monoisotopic (exact) mass is 178 g/mol. The summed E-state index contributed by atoms with van der Waals surface area (Å²) >= 11 is 0. The first-order chi connectivity index (χ1) is 6.31. The number of hydrogen-bond donors (Lipinski definition) is 1. The maximum Gasteiger partial charge on any atom is 0.263 e. The van der Waals surface area contributed by atoms with Gasteiger partial charge in [0.15, 0.2) is 5.76 Å². The topological polar surface area (TPSA) is 65.2 Å². The lowest BCUT2D eigenvalue weighted by atomic mass is 10.4. The molecule has 0 aliphatic carbocycles. The highest BCUT2D eigenvalue weighted by Crippen LogP contribution is 2.21. The van der Waals surface area contributed by atoms with Crippen molar-refractivity contribution in [3.63, 3.8) is 0 Å². The number of oxazole rings is 1. The third-order valence-electron chi connectivity index (χ3n) is 1.81. The summed E-state index contributed by atoms with van der Waals surface area (Å²) in [5, 5.41) is 0. The smallest absolute Gasteiger partial charge is 0.263 e. The summed E-state index contributed by atoms with van der Waals surface area (Å²) in [7, 11) is 0. The average molecular weight is 178 g/mol. The van der Waals surface area contributed by atoms with E-state index in [0.29, 0.717) is 24.0 Å². The molecule has 4 heteroatoms. The van der Waals surface area contributed by atoms with Gasteiger partial charge in [-0.05, 0) is 19.1 Å². The van der Waals surface area contributed by atoms with Crippen LogP contribution < -0.4 is 5.73 Å². The first-order valence-electron chi connectivity index (χ1n) is 4.01. The number of aryl methyl sites for hydroxylation is 1. The summed E-state index contributed by atoms with van der Waals surface area (Å²) in [6.45, 7) is 2.22. The quantitative estimate of drug-likeness (QED) is 0.760. The molecule has 0 aliphatic heterocycles. The average Bonchev–Trinajstić information content (AvgIpc) is 2.71. The molecule has 13 heavy (non-hydrogen) atoms. The van der Waals surface area contributed by atoms with E-state index in [4.69, 9.17) is 14.6 Å². The van der Waals surface area contributed by atoms with Crippen LogP contribution in [0.25, 0.3) is 11.7 Å². The van der Waals surface area contributed by atoms with Crippen LogP contribution in [0.15, 0.2) is 27.2 Å². The van der Waals surface area contributed by atoms with Crippen molar-refractivity contribution in [1.82, 2.24) is 4.98 Å². The van der Waals surface area contributed by atoms with E-state index in [1.807, 2.05) is 6.92 Å². The van der Waals surface area contributed by atoms with E-state index in [1.165, 1.54) is 0 Å². The van der Waals surface area contributed by atoms with Gasteiger partial charge in [-0.3, -0.25) is 0 Å². The molecule has 2 N–H and O–H groups in total. The molecular weight excluding hydrogens is 168 g/mol. The lowest BCUT2D eigenvalue weighted by molar-refractivity contribution is 0.487. The molecule has 68 valence electrons. The highest BCUT2D eigenvalue weighted by atomic mass is 16.4. The van der Waals surface area contributed by atoms with E-state index in [-0.39, 0.29) is 0 Å². The molecule has 2 aromatic rings. The zero-order valence-corrected chi connectivity index (χ0v) is 7.28. The molecule has 2 heterocycles. The minimum Gasteiger partial charge on any atom is -0.459 e. The summed E-state index contributed by atoms with van der Waals surface area (Å²) in [5.74, 6) is 1.82. The van der Waals surface area contributed by atoms with Crippen LogP contribution in [-0.2, 0) is 6.54 Å². The van der Waals surface area contributed by atoms with Crippen molar-refractivity contribution in [3.05, 3.63) is 29.9 Å². The fourth-order valence-electron chi connectivity index (χ4n) is 1.12. The molecule has 0 atom stereocenters. The lowest BCUT2D eigenvalue weighted by Crippen LogP contribution is -1.95. The zero-order chi connectivity index (χ0) is 9.26. The van der Waals surface area contributed by atoms with Gasteiger partial charge in [0.2, 0.25) is 0 Å². The van der Waals surface area contributed by atoms with Gasteiger partial charge in [0, 0.05) is 0 Å². The van der Waals surface area contributed by atoms with E-state index in [2.05, 4.69) is 4.98 Å². The molecule has 0 saturated heterocycles. The Hall–Kier alpha value is -1.55. The van der Waals surface area contributed by atoms with Gasteiger partial charge in [-0.2, -0.15) is 0 Å². The number of nitrogens with two attached hydrogens (primary N) is 1. The minimum absolute atomic E-state index is 0.361. The SMILES string of the molecule is Cc1nc(-c2ccco2)oc1CN. The Morgan fingerprint density at radius 1 is 1.54 bits per heavy atom. The molecule has 0 amide bonds. The van der Waals surface area contributed by atoms with Crippen molar-refractivity contribution in [2.24, 2.45) is 5.73 Å². The third kappa shape index (κ3) is 1.36. The predicted octanol–water partition coefficient (Wildman–Crippen LogP) is 1.70. The highest BCUT2D eigenvalue weighted by molar-refractivity contribution is 5.44. The van der Waals surface area contributed by atoms with Gasteiger partial charge < -0.3 is 14.6 Å². The van der Waals surface area contributed by atoms with Crippen molar-refractivity contribution in [2.45, 2.75) is 13.5 Å². The van der Waals surface area contributed by atoms with E-state index in [9.17, 15) is 0 Å². The molecular formula is C9H10N2O2. The van der Waals surface area contributed by atoms with Crippen molar-refractivity contribution in [1.29, 1.82) is 0 Å². The first kappa shape index (κ1) is 8.07. The second-order valence-corrected chi connectivity index (χ2v) is 2.71. The van der Waals surface area contributed by atoms with Crippen molar-refractivity contribution in [2.75, 3.05) is 0 Å². The van der Waals surface area contributed by atoms with Gasteiger partial charge in [-0.25, -0.2) is 4.98 Å². The molecule has 0 aromatic carbocycles. The van der Waals surface area contributed by atoms with Gasteiger partial charge in [-0.1, -0.05) is 0 Å². The van der Waals surface area contributed by atoms with Crippen molar-refractivity contribution < 1.29 is 8.83 Å². The van der Waals surface area contributed by atoms with Crippen LogP contribution in [0.2, 0.25) is 0 Å². The van der Waals surface area contributed by atoms with Crippen molar-refractivity contribution >= 4 is 0 Å². The fraction of sp³-hybridized carbons (Fsp3) is 0.222. The lowest BCUT2D eigenvalue weighted by Gasteiger charge is -1.87. The molecule has 0 bridgehead atoms. The van der Waals surface area contributed by atoms with E-state index >= 15 is 0 Å². The fourth-order valence-corrected chi connectivity index (χ4v) is 1.12. The van der Waals surface area contributed by atoms with Crippen LogP contribution in [0, 0.1) is 6.92 Å². The minimum atomic E-state index is 0.361. The molecule has 0 fully saturated rings. The Labute approximate surface area is 75.4 Å². The van der Waals surface area contributed by atoms with Crippen LogP contribution in [0.1, 0.15) is 11.5 Å². The molecule has 0 spiro atoms. The second kappa shape index (κ2) is 3.06. The van der Waals surface area contributed by atoms with E-state index in [0.717, 1.165) is 5.69 Å². The second-order valence-electron chi connectivity index (χ2n) is 2.71. The van der Waals surface area contributed by atoms with Crippen molar-refractivity contribution in [3.8, 4) is 11.7 Å². The number of hydrogen-bond acceptors (Lipinski definition) is 4. The van der Waals surface area contributed by atoms with E-state index < -0.39 is 0 Å². The Morgan fingerprint density at radius 2 is 2.38 bits per heavy atom. The summed E-state index contributed by atoms with van der Waals surface area (Å²) in [6.07, 6.45) is 1.58. The van der Waals surface area contributed by atoms with Gasteiger partial charge in [0.05, 0.1) is 18.5 Å². The molecule has 0 saturated carbocycles. The standard InChI is InChI=1S/C9H10N2O2/c1-6-8(5-10)13-9(11-6)7-3-2-4-12-7/h2-4H,5,10H2,1H3. The molecule has 2 aromatic heterocycles. The van der Waals surface area contributed by atoms with Gasteiger partial charge in [0.25, 0.3) is 5.89 Å². The Morgan fingerprint density at radius 3 is 2.92 bits per heavy atom. The first-order valence-corrected chi connectivity index (χ1v) is 4.01. The number of aromatic nitrogens is 1. The molecule has 0 aliphatic rings. The Bertz CT molecular complexity index is 390. The molecule has 2 rings (SSSR count). The summed E-state index contributed by atoms with van der Waals surface area (Å²) < 4.78 is 10.5. The van der Waals surface area contributed by atoms with E-state index in [1.54, 1.807) is 18.4 Å². The largest absolute Gasteiger partial charge is 0.459 e. The Kier molecular flexibility index (Phi) is 1.90. The summed E-state index contributed by atoms with van der Waals surface area (Å²) in [6, 6.07) is 3.59. The summed E-state index contributed by atoms with van der Waals surface area (Å²) in [5.41, 5.74) is 6.27. The molecule has 0 unspecified atom stereocenters. The zero-order valence-electron chi connectivity index (χ0n) is 7.28. The molecule has 4 nitrogen and oxygen atoms in total. The van der Waals surface area contributed by atoms with Crippen LogP contribution in [0.4, 0.5) is 0 Å². The van der Waals surface area contributed by atoms with Crippen LogP contribution in [-0.4, -0.2) is 4.98 Å². The van der Waals surface area contributed by atoms with Gasteiger partial charge in [0.1, 0.15) is 5.76 Å². The van der Waals surface area contributed by atoms with Crippen LogP contribution >= 0.6 is 0 Å². The Balaban J connectivity index is 2.43. The normalized spacial score (nSPS) is 10.6. The van der Waals surface area contributed by atoms with Gasteiger partial charge in [-0.15, -0.1) is 0 Å². The van der Waals surface area contributed by atoms with Crippen LogP contribution in [0.5, 0.6) is 0 Å². The molecule has 0 radical (unpaired) electrons.